The van der Waals surface area contributed by atoms with Crippen molar-refractivity contribution < 1.29 is 38.0 Å². The van der Waals surface area contributed by atoms with Crippen LogP contribution in [0.25, 0.3) is 16.8 Å². The summed E-state index contributed by atoms with van der Waals surface area (Å²) in [4.78, 5) is 21.8. The molecule has 10 nitrogen and oxygen atoms in total. The molecule has 2 aliphatic rings. The molecule has 184 valence electrons. The monoisotopic (exact) mass is 499 g/mol. The lowest BCUT2D eigenvalue weighted by molar-refractivity contribution is -0.385. The maximum absolute atomic E-state index is 15.0. The molecule has 2 unspecified atom stereocenters. The molecule has 1 aliphatic carbocycles. The van der Waals surface area contributed by atoms with E-state index in [4.69, 9.17) is 4.74 Å². The number of rotatable bonds is 4. The van der Waals surface area contributed by atoms with Crippen molar-refractivity contribution in [2.45, 2.75) is 31.1 Å². The fourth-order valence-corrected chi connectivity index (χ4v) is 5.19. The number of alkyl halides is 2. The molecule has 1 aliphatic heterocycles. The summed E-state index contributed by atoms with van der Waals surface area (Å²) in [5.74, 6) is -2.78. The van der Waals surface area contributed by atoms with Gasteiger partial charge in [-0.1, -0.05) is 6.07 Å². The molecule has 1 aromatic carbocycles. The molecule has 2 atom stereocenters. The van der Waals surface area contributed by atoms with Gasteiger partial charge in [-0.3, -0.25) is 19.7 Å². The van der Waals surface area contributed by atoms with E-state index in [1.807, 2.05) is 0 Å². The Labute approximate surface area is 199 Å². The highest BCUT2D eigenvalue weighted by atomic mass is 19.3. The van der Waals surface area contributed by atoms with Gasteiger partial charge in [0, 0.05) is 40.6 Å². The van der Waals surface area contributed by atoms with Crippen molar-refractivity contribution in [3.8, 4) is 17.0 Å². The van der Waals surface area contributed by atoms with Gasteiger partial charge in [0.05, 0.1) is 35.3 Å². The molecule has 13 heteroatoms. The van der Waals surface area contributed by atoms with E-state index in [2.05, 4.69) is 15.1 Å². The molecule has 0 saturated carbocycles. The minimum Gasteiger partial charge on any atom is -0.434 e. The summed E-state index contributed by atoms with van der Waals surface area (Å²) in [7, 11) is 0. The van der Waals surface area contributed by atoms with Crippen LogP contribution in [0.4, 0.5) is 13.2 Å². The third kappa shape index (κ3) is 3.24. The van der Waals surface area contributed by atoms with Crippen LogP contribution >= 0.6 is 0 Å². The summed E-state index contributed by atoms with van der Waals surface area (Å²) >= 11 is 0. The Hall–Kier alpha value is -4.07. The Morgan fingerprint density at radius 3 is 2.64 bits per heavy atom. The SMILES string of the molecule is O=C1c2cccc(OC(F)F)c2C2CC(c3nn4cc(F)c(-c5cnccn5)cc4c32)N1C(O)(O)O. The largest absolute Gasteiger partial charge is 0.434 e. The second kappa shape index (κ2) is 7.71. The lowest BCUT2D eigenvalue weighted by Gasteiger charge is -2.34. The van der Waals surface area contributed by atoms with Gasteiger partial charge in [-0.25, -0.2) is 8.91 Å². The van der Waals surface area contributed by atoms with Crippen LogP contribution in [0.15, 0.2) is 49.1 Å². The molecule has 4 aromatic rings. The maximum atomic E-state index is 15.0. The average Bonchev–Trinajstić information content (AvgIpc) is 3.30. The van der Waals surface area contributed by atoms with Crippen molar-refractivity contribution in [2.24, 2.45) is 0 Å². The van der Waals surface area contributed by atoms with Crippen molar-refractivity contribution in [1.29, 1.82) is 0 Å². The summed E-state index contributed by atoms with van der Waals surface area (Å²) in [6.07, 6.45) is 1.66. The number of amides is 1. The summed E-state index contributed by atoms with van der Waals surface area (Å²) in [5.41, 5.74) is 1.18. The van der Waals surface area contributed by atoms with Crippen molar-refractivity contribution in [2.75, 3.05) is 0 Å². The van der Waals surface area contributed by atoms with Crippen molar-refractivity contribution in [1.82, 2.24) is 24.5 Å². The van der Waals surface area contributed by atoms with Crippen molar-refractivity contribution in [3.63, 3.8) is 0 Å². The molecule has 36 heavy (non-hydrogen) atoms. The second-order valence-corrected chi connectivity index (χ2v) is 8.43. The number of carbonyl (C=O) groups is 1. The van der Waals surface area contributed by atoms with Crippen LogP contribution in [0, 0.1) is 5.82 Å². The maximum Gasteiger partial charge on any atom is 0.387 e. The second-order valence-electron chi connectivity index (χ2n) is 8.43. The number of pyridine rings is 1. The number of benzene rings is 1. The van der Waals surface area contributed by atoms with Crippen LogP contribution < -0.4 is 4.74 Å². The number of halogens is 3. The molecule has 6 rings (SSSR count). The van der Waals surface area contributed by atoms with E-state index in [9.17, 15) is 33.3 Å². The molecule has 0 spiro atoms. The first kappa shape index (κ1) is 22.4. The number of fused-ring (bicyclic) bond motifs is 9. The fourth-order valence-electron chi connectivity index (χ4n) is 5.19. The predicted molar refractivity (Wildman–Crippen MR) is 114 cm³/mol. The van der Waals surface area contributed by atoms with Gasteiger partial charge in [0.25, 0.3) is 5.91 Å². The highest BCUT2D eigenvalue weighted by Crippen LogP contribution is 2.54. The standard InChI is InChI=1S/C23H16F3N5O5/c24-13-9-30-15(6-11(13)14-8-27-4-5-28-14)19-12-7-16(20(19)29-30)31(23(33,34)35)21(32)10-2-1-3-17(18(10)12)36-22(25)26/h1-6,8-9,12,16,22,33-35H,7H2. The van der Waals surface area contributed by atoms with Gasteiger partial charge in [-0.2, -0.15) is 13.9 Å². The zero-order valence-corrected chi connectivity index (χ0v) is 18.1. The molecular formula is C23H16F3N5O5. The number of nitrogens with zero attached hydrogens (tertiary/aromatic N) is 5. The Morgan fingerprint density at radius 1 is 1.14 bits per heavy atom. The van der Waals surface area contributed by atoms with Gasteiger partial charge >= 0.3 is 12.7 Å². The molecule has 0 radical (unpaired) electrons. The van der Waals surface area contributed by atoms with E-state index < -0.39 is 36.4 Å². The Morgan fingerprint density at radius 2 is 1.94 bits per heavy atom. The molecule has 0 fully saturated rings. The lowest BCUT2D eigenvalue weighted by atomic mass is 9.88. The Bertz CT molecular complexity index is 1520. The van der Waals surface area contributed by atoms with Gasteiger partial charge in [0.2, 0.25) is 0 Å². The van der Waals surface area contributed by atoms with Crippen LogP contribution in [0.2, 0.25) is 0 Å². The van der Waals surface area contributed by atoms with Gasteiger partial charge in [-0.15, -0.1) is 0 Å². The van der Waals surface area contributed by atoms with E-state index in [1.54, 1.807) is 0 Å². The summed E-state index contributed by atoms with van der Waals surface area (Å²) < 4.78 is 47.4. The van der Waals surface area contributed by atoms with E-state index in [0.717, 1.165) is 6.20 Å². The zero-order valence-electron chi connectivity index (χ0n) is 18.1. The highest BCUT2D eigenvalue weighted by molar-refractivity contribution is 5.98. The number of ether oxygens (including phenoxy) is 1. The predicted octanol–water partition coefficient (Wildman–Crippen LogP) is 2.15. The topological polar surface area (TPSA) is 133 Å². The number of carbonyl (C=O) groups excluding carboxylic acids is 1. The van der Waals surface area contributed by atoms with Crippen LogP contribution in [0.1, 0.15) is 45.6 Å². The van der Waals surface area contributed by atoms with Crippen LogP contribution in [-0.4, -0.2) is 58.4 Å². The molecule has 2 bridgehead atoms. The zero-order chi connectivity index (χ0) is 25.4. The number of aliphatic hydroxyl groups is 3. The normalized spacial score (nSPS) is 19.0. The number of hydrogen-bond donors (Lipinski definition) is 3. The first-order chi connectivity index (χ1) is 17.1. The minimum absolute atomic E-state index is 0.0300. The van der Waals surface area contributed by atoms with Gasteiger partial charge < -0.3 is 20.1 Å². The average molecular weight is 499 g/mol. The van der Waals surface area contributed by atoms with E-state index >= 15 is 0 Å². The molecule has 3 aromatic heterocycles. The van der Waals surface area contributed by atoms with Crippen LogP contribution in [-0.2, 0) is 0 Å². The van der Waals surface area contributed by atoms with Gasteiger partial charge in [0.1, 0.15) is 5.75 Å². The lowest BCUT2D eigenvalue weighted by Crippen LogP contribution is -2.53. The Balaban J connectivity index is 1.65. The molecule has 1 amide bonds. The van der Waals surface area contributed by atoms with E-state index in [-0.39, 0.29) is 40.2 Å². The van der Waals surface area contributed by atoms with E-state index in [1.165, 1.54) is 47.4 Å². The number of hydrogen-bond acceptors (Lipinski definition) is 8. The quantitative estimate of drug-likeness (QED) is 0.364. The van der Waals surface area contributed by atoms with Crippen molar-refractivity contribution >= 4 is 11.4 Å². The third-order valence-electron chi connectivity index (χ3n) is 6.47. The molecular weight excluding hydrogens is 483 g/mol. The fraction of sp³-hybridized carbons (Fsp3) is 0.217. The number of aromatic nitrogens is 4. The molecule has 0 saturated heterocycles. The first-order valence-corrected chi connectivity index (χ1v) is 10.7. The highest BCUT2D eigenvalue weighted by Gasteiger charge is 2.52. The molecule has 4 heterocycles. The minimum atomic E-state index is -3.60. The van der Waals surface area contributed by atoms with Crippen molar-refractivity contribution in [3.05, 3.63) is 77.3 Å². The van der Waals surface area contributed by atoms with Crippen LogP contribution in [0.3, 0.4) is 0 Å². The summed E-state index contributed by atoms with van der Waals surface area (Å²) in [6, 6.07) is 4.17. The first-order valence-electron chi connectivity index (χ1n) is 10.7. The summed E-state index contributed by atoms with van der Waals surface area (Å²) in [5, 5.41) is 34.6. The van der Waals surface area contributed by atoms with Crippen LogP contribution in [0.5, 0.6) is 5.75 Å². The van der Waals surface area contributed by atoms with Gasteiger partial charge in [-0.05, 0) is 24.6 Å². The molecule has 3 N–H and O–H groups in total. The third-order valence-corrected chi connectivity index (χ3v) is 6.47. The Kier molecular flexibility index (Phi) is 4.80. The smallest absolute Gasteiger partial charge is 0.387 e. The summed E-state index contributed by atoms with van der Waals surface area (Å²) in [6.45, 7) is -3.20. The van der Waals surface area contributed by atoms with Gasteiger partial charge in [0.15, 0.2) is 5.82 Å². The van der Waals surface area contributed by atoms with E-state index in [0.29, 0.717) is 16.0 Å².